The average molecular weight is 352 g/mol. The Morgan fingerprint density at radius 3 is 1.92 bits per heavy atom. The molecule has 3 nitrogen and oxygen atoms in total. The second kappa shape index (κ2) is 6.88. The Labute approximate surface area is 157 Å². The quantitative estimate of drug-likeness (QED) is 0.789. The molecule has 0 aromatic heterocycles. The fourth-order valence-electron chi connectivity index (χ4n) is 4.57. The van der Waals surface area contributed by atoms with Crippen LogP contribution < -0.4 is 5.73 Å². The van der Waals surface area contributed by atoms with Gasteiger partial charge in [-0.25, -0.2) is 0 Å². The number of hydrogen-bond acceptors (Lipinski definition) is 1. The highest BCUT2D eigenvalue weighted by Gasteiger charge is 2.48. The van der Waals surface area contributed by atoms with Crippen molar-refractivity contribution in [3.8, 4) is 0 Å². The maximum absolute atomic E-state index is 12.9. The lowest BCUT2D eigenvalue weighted by Gasteiger charge is -2.44. The Bertz CT molecular complexity index is 715. The number of primary amides is 1. The van der Waals surface area contributed by atoms with Gasteiger partial charge in [-0.3, -0.25) is 4.79 Å². The lowest BCUT2D eigenvalue weighted by Crippen LogP contribution is -2.57. The first-order valence-electron chi connectivity index (χ1n) is 9.57. The molecule has 2 N–H and O–H groups in total. The van der Waals surface area contributed by atoms with Crippen molar-refractivity contribution in [1.82, 2.24) is 0 Å². The second-order valence-electron chi connectivity index (χ2n) is 8.51. The third-order valence-electron chi connectivity index (χ3n) is 6.84. The molecule has 1 saturated heterocycles. The smallest absolute Gasteiger partial charge is 0.232 e. The molecule has 0 aliphatic carbocycles. The number of amides is 1. The zero-order valence-corrected chi connectivity index (χ0v) is 16.2. The number of carbonyl (C=O) groups excluding carboxylic acids is 1. The average Bonchev–Trinajstić information content (AvgIpc) is 2.90. The molecule has 2 aromatic rings. The van der Waals surface area contributed by atoms with Gasteiger partial charge in [0.2, 0.25) is 5.91 Å². The van der Waals surface area contributed by atoms with Crippen molar-refractivity contribution in [2.75, 3.05) is 20.1 Å². The number of rotatable bonds is 6. The van der Waals surface area contributed by atoms with E-state index in [1.165, 1.54) is 12.8 Å². The molecule has 1 fully saturated rings. The van der Waals surface area contributed by atoms with Crippen molar-refractivity contribution in [2.24, 2.45) is 5.73 Å². The molecule has 26 heavy (non-hydrogen) atoms. The van der Waals surface area contributed by atoms with E-state index in [1.54, 1.807) is 0 Å². The van der Waals surface area contributed by atoms with Crippen LogP contribution in [0.2, 0.25) is 0 Å². The number of benzene rings is 2. The fourth-order valence-corrected chi connectivity index (χ4v) is 4.57. The molecule has 1 aliphatic rings. The van der Waals surface area contributed by atoms with Gasteiger partial charge in [-0.15, -0.1) is 0 Å². The molecule has 3 heteroatoms. The summed E-state index contributed by atoms with van der Waals surface area (Å²) in [6.07, 6.45) is 3.18. The summed E-state index contributed by atoms with van der Waals surface area (Å²) in [5.74, 6) is -0.265. The normalized spacial score (nSPS) is 22.3. The first-order chi connectivity index (χ1) is 12.3. The molecule has 1 heterocycles. The van der Waals surface area contributed by atoms with Gasteiger partial charge in [0.05, 0.1) is 25.7 Å². The minimum Gasteiger partial charge on any atom is -0.369 e. The Morgan fingerprint density at radius 2 is 1.54 bits per heavy atom. The lowest BCUT2D eigenvalue weighted by molar-refractivity contribution is -0.943. The van der Waals surface area contributed by atoms with E-state index in [0.717, 1.165) is 35.1 Å². The number of nitrogens with two attached hydrogens (primary N) is 1. The van der Waals surface area contributed by atoms with Crippen LogP contribution in [0.3, 0.4) is 0 Å². The lowest BCUT2D eigenvalue weighted by atomic mass is 9.71. The van der Waals surface area contributed by atoms with Gasteiger partial charge < -0.3 is 10.2 Å². The zero-order chi connectivity index (χ0) is 18.8. The van der Waals surface area contributed by atoms with Crippen LogP contribution in [0.4, 0.5) is 0 Å². The summed E-state index contributed by atoms with van der Waals surface area (Å²) in [5.41, 5.74) is 7.51. The summed E-state index contributed by atoms with van der Waals surface area (Å²) in [6, 6.07) is 20.1. The maximum Gasteiger partial charge on any atom is 0.232 e. The monoisotopic (exact) mass is 351 g/mol. The van der Waals surface area contributed by atoms with Crippen LogP contribution in [0, 0.1) is 0 Å². The molecular weight excluding hydrogens is 320 g/mol. The van der Waals surface area contributed by atoms with Crippen molar-refractivity contribution < 1.29 is 9.28 Å². The maximum atomic E-state index is 12.9. The van der Waals surface area contributed by atoms with E-state index in [1.807, 2.05) is 60.7 Å². The number of nitrogens with zero attached hydrogens (tertiary/aromatic N) is 1. The van der Waals surface area contributed by atoms with Crippen LogP contribution >= 0.6 is 0 Å². The topological polar surface area (TPSA) is 43.1 Å². The Balaban J connectivity index is 2.05. The van der Waals surface area contributed by atoms with Crippen LogP contribution in [0.1, 0.15) is 44.2 Å². The summed E-state index contributed by atoms with van der Waals surface area (Å²) < 4.78 is 0.988. The van der Waals surface area contributed by atoms with E-state index in [-0.39, 0.29) is 11.4 Å². The van der Waals surface area contributed by atoms with E-state index in [9.17, 15) is 4.79 Å². The van der Waals surface area contributed by atoms with Gasteiger partial charge in [0, 0.05) is 19.3 Å². The second-order valence-corrected chi connectivity index (χ2v) is 8.51. The van der Waals surface area contributed by atoms with Crippen molar-refractivity contribution in [1.29, 1.82) is 0 Å². The van der Waals surface area contributed by atoms with E-state index in [0.29, 0.717) is 0 Å². The minimum atomic E-state index is -0.789. The van der Waals surface area contributed by atoms with E-state index in [4.69, 9.17) is 5.73 Å². The third kappa shape index (κ3) is 3.05. The Kier molecular flexibility index (Phi) is 4.94. The predicted molar refractivity (Wildman–Crippen MR) is 107 cm³/mol. The van der Waals surface area contributed by atoms with Gasteiger partial charge in [0.25, 0.3) is 0 Å². The molecule has 1 amide bonds. The number of quaternary nitrogens is 1. The molecule has 0 saturated carbocycles. The number of hydrogen-bond donors (Lipinski definition) is 1. The van der Waals surface area contributed by atoms with Gasteiger partial charge in [-0.2, -0.15) is 0 Å². The molecular formula is C23H31N2O+. The van der Waals surface area contributed by atoms with Crippen LogP contribution in [0.25, 0.3) is 0 Å². The van der Waals surface area contributed by atoms with Gasteiger partial charge in [-0.1, -0.05) is 60.7 Å². The van der Waals surface area contributed by atoms with Gasteiger partial charge >= 0.3 is 0 Å². The summed E-state index contributed by atoms with van der Waals surface area (Å²) >= 11 is 0. The van der Waals surface area contributed by atoms with Crippen LogP contribution in [0.15, 0.2) is 60.7 Å². The summed E-state index contributed by atoms with van der Waals surface area (Å²) in [4.78, 5) is 12.9. The molecule has 1 aliphatic heterocycles. The van der Waals surface area contributed by atoms with E-state index in [2.05, 4.69) is 20.9 Å². The van der Waals surface area contributed by atoms with Crippen molar-refractivity contribution in [3.05, 3.63) is 71.8 Å². The third-order valence-corrected chi connectivity index (χ3v) is 6.84. The predicted octanol–water partition coefficient (Wildman–Crippen LogP) is 3.87. The highest BCUT2D eigenvalue weighted by Crippen LogP contribution is 2.40. The van der Waals surface area contributed by atoms with Crippen LogP contribution in [0.5, 0.6) is 0 Å². The van der Waals surface area contributed by atoms with Crippen LogP contribution in [-0.2, 0) is 10.2 Å². The van der Waals surface area contributed by atoms with E-state index < -0.39 is 5.41 Å². The Hall–Kier alpha value is -2.13. The minimum absolute atomic E-state index is 0.233. The molecule has 0 bridgehead atoms. The van der Waals surface area contributed by atoms with Crippen LogP contribution in [-0.4, -0.2) is 36.1 Å². The number of carbonyl (C=O) groups is 1. The first kappa shape index (κ1) is 18.7. The van der Waals surface area contributed by atoms with Crippen molar-refractivity contribution >= 4 is 5.91 Å². The first-order valence-corrected chi connectivity index (χ1v) is 9.57. The van der Waals surface area contributed by atoms with Gasteiger partial charge in [-0.05, 0) is 25.0 Å². The SMILES string of the molecule is CC1(C)CCC[N+]1(C)CCC(C(N)=O)(c1ccccc1)c1ccccc1. The van der Waals surface area contributed by atoms with E-state index >= 15 is 0 Å². The molecule has 0 spiro atoms. The molecule has 1 unspecified atom stereocenters. The Morgan fingerprint density at radius 1 is 1.04 bits per heavy atom. The summed E-state index contributed by atoms with van der Waals surface area (Å²) in [7, 11) is 2.33. The zero-order valence-electron chi connectivity index (χ0n) is 16.2. The van der Waals surface area contributed by atoms with Gasteiger partial charge in [0.15, 0.2) is 0 Å². The summed E-state index contributed by atoms with van der Waals surface area (Å²) in [5, 5.41) is 0. The standard InChI is InChI=1S/C23H30N2O/c1-22(2)15-10-17-25(22,3)18-16-23(21(24)26,19-11-6-4-7-12-19)20-13-8-5-9-14-20/h4-9,11-14H,10,15-18H2,1-3H3,(H-,24,26)/p+1. The molecule has 138 valence electrons. The molecule has 3 rings (SSSR count). The number of likely N-dealkylation sites (tertiary alicyclic amines) is 1. The largest absolute Gasteiger partial charge is 0.369 e. The van der Waals surface area contributed by atoms with Crippen molar-refractivity contribution in [3.63, 3.8) is 0 Å². The molecule has 2 aromatic carbocycles. The fraction of sp³-hybridized carbons (Fsp3) is 0.435. The highest BCUT2D eigenvalue weighted by atomic mass is 16.1. The molecule has 1 atom stereocenters. The summed E-state index contributed by atoms with van der Waals surface area (Å²) in [6.45, 7) is 6.78. The molecule has 0 radical (unpaired) electrons. The highest BCUT2D eigenvalue weighted by molar-refractivity contribution is 5.90. The van der Waals surface area contributed by atoms with Gasteiger partial charge in [0.1, 0.15) is 5.41 Å². The van der Waals surface area contributed by atoms with Crippen molar-refractivity contribution in [2.45, 2.75) is 44.1 Å².